The number of rotatable bonds is 8. The van der Waals surface area contributed by atoms with Crippen LogP contribution in [0.25, 0.3) is 0 Å². The summed E-state index contributed by atoms with van der Waals surface area (Å²) in [7, 11) is 0. The van der Waals surface area contributed by atoms with Gasteiger partial charge in [0.1, 0.15) is 22.4 Å². The fraction of sp³-hybridized carbons (Fsp3) is 0.889. The SMILES string of the molecule is CC1(C)CN(CC(=O)OC(C)(C)C)CC2(C)OCCOCCOCCOCCOC3(C)CN(CC(=O)OC(C)(C)C)CC(C)(C)NC(=O)C(C)(CN(CC(=O)OC(C)(C)C)CC(C)(C)NC3=O)OCCOCCOCCOCCOC(C)(CN(CC(=O)OC(C)(C)C)CC(C)(C)NC2=O)C(=O)N1. The fourth-order valence-corrected chi connectivity index (χ4v) is 11.9. The van der Waals surface area contributed by atoms with Gasteiger partial charge in [-0.3, -0.25) is 58.0 Å². The largest absolute Gasteiger partial charge is 0.459 e. The molecule has 6 fully saturated rings. The molecular weight excluding hydrogens is 1330 g/mol. The molecule has 4 unspecified atom stereocenters. The normalized spacial score (nSPS) is 27.7. The molecule has 6 rings (SSSR count). The minimum absolute atomic E-state index is 0.0251. The smallest absolute Gasteiger partial charge is 0.320 e. The number of carbonyl (C=O) groups is 8. The van der Waals surface area contributed by atoms with Crippen LogP contribution in [0.3, 0.4) is 0 Å². The van der Waals surface area contributed by atoms with Crippen LogP contribution in [0.5, 0.6) is 0 Å². The van der Waals surface area contributed by atoms with E-state index < -0.39 is 114 Å². The van der Waals surface area contributed by atoms with E-state index in [-0.39, 0.29) is 184 Å². The Labute approximate surface area is 608 Å². The molecule has 6 aliphatic rings. The minimum Gasteiger partial charge on any atom is -0.459 e. The Morgan fingerprint density at radius 2 is 0.431 bits per heavy atom. The summed E-state index contributed by atoms with van der Waals surface area (Å²) in [6, 6.07) is 0. The molecular formula is C72H132N8O22. The van der Waals surface area contributed by atoms with E-state index in [0.717, 1.165) is 0 Å². The van der Waals surface area contributed by atoms with Gasteiger partial charge in [-0.25, -0.2) is 0 Å². The van der Waals surface area contributed by atoms with E-state index >= 15 is 0 Å². The number of hydrogen-bond acceptors (Lipinski definition) is 26. The van der Waals surface area contributed by atoms with Gasteiger partial charge in [0.2, 0.25) is 0 Å². The molecule has 592 valence electrons. The first-order valence-electron chi connectivity index (χ1n) is 35.7. The van der Waals surface area contributed by atoms with Crippen molar-refractivity contribution in [2.75, 3.05) is 184 Å². The first kappa shape index (κ1) is 91.4. The number of ether oxygens (including phenoxy) is 14. The second-order valence-corrected chi connectivity index (χ2v) is 34.3. The van der Waals surface area contributed by atoms with Crippen LogP contribution >= 0.6 is 0 Å². The number of nitrogens with zero attached hydrogens (tertiary/aromatic N) is 4. The van der Waals surface area contributed by atoms with Gasteiger partial charge in [-0.05, 0) is 166 Å². The van der Waals surface area contributed by atoms with E-state index in [9.17, 15) is 38.4 Å². The first-order chi connectivity index (χ1) is 46.6. The lowest BCUT2D eigenvalue weighted by Crippen LogP contribution is -2.66. The maximum Gasteiger partial charge on any atom is 0.320 e. The Hall–Kier alpha value is -4.80. The van der Waals surface area contributed by atoms with E-state index in [4.69, 9.17) is 66.3 Å². The minimum atomic E-state index is -1.65. The molecule has 30 heteroatoms. The predicted molar refractivity (Wildman–Crippen MR) is 380 cm³/mol. The van der Waals surface area contributed by atoms with E-state index in [0.29, 0.717) is 0 Å². The van der Waals surface area contributed by atoms with Crippen LogP contribution in [-0.2, 0) is 105 Å². The molecule has 30 nitrogen and oxygen atoms in total. The van der Waals surface area contributed by atoms with Crippen LogP contribution in [0.2, 0.25) is 0 Å². The van der Waals surface area contributed by atoms with Gasteiger partial charge >= 0.3 is 23.9 Å². The summed E-state index contributed by atoms with van der Waals surface area (Å²) in [5.74, 6) is -4.36. The summed E-state index contributed by atoms with van der Waals surface area (Å²) in [6.45, 7) is 41.4. The summed E-state index contributed by atoms with van der Waals surface area (Å²) in [5, 5.41) is 12.6. The fourth-order valence-electron chi connectivity index (χ4n) is 11.9. The second kappa shape index (κ2) is 39.2. The van der Waals surface area contributed by atoms with Gasteiger partial charge in [0.05, 0.1) is 132 Å². The van der Waals surface area contributed by atoms with Gasteiger partial charge in [0.15, 0.2) is 22.4 Å². The topological polar surface area (TPSA) is 327 Å². The van der Waals surface area contributed by atoms with Crippen LogP contribution in [0.4, 0.5) is 0 Å². The third kappa shape index (κ3) is 37.0. The van der Waals surface area contributed by atoms with Crippen molar-refractivity contribution in [3.05, 3.63) is 0 Å². The highest BCUT2D eigenvalue weighted by Crippen LogP contribution is 2.27. The van der Waals surface area contributed by atoms with Crippen molar-refractivity contribution in [3.63, 3.8) is 0 Å². The average Bonchev–Trinajstić information content (AvgIpc) is 0.801. The highest BCUT2D eigenvalue weighted by Gasteiger charge is 2.48. The maximum atomic E-state index is 15.0. The molecule has 4 amide bonds. The number of esters is 4. The highest BCUT2D eigenvalue weighted by molar-refractivity contribution is 5.88. The lowest BCUT2D eigenvalue weighted by Gasteiger charge is -2.44. The van der Waals surface area contributed by atoms with Crippen LogP contribution in [-0.4, -0.2) is 318 Å². The summed E-state index contributed by atoms with van der Waals surface area (Å²) >= 11 is 0. The standard InChI is InChI=1S/C72H132N8O22/c1-61(2,3)99-53(81)41-77-45-65(13,14)73-58(86)70(22)50-78(42-54(82)100-62(4,5)6)46-66(15,16)74-57(85)69(21,49-77)95-37-33-91-29-25-89-26-31-93-35-39-97-71(23)51-79(43-55(83)101-63(7,8)9)47-68(19,20)76-60(88)72(24,98-40-36-94-32-28-90-27-30-92-34-38-96-70)52-80(44-56(84)102-64(10,11)12)48-67(17,18)75-59(71)87/h25-52H2,1-24H3,(H,73,86)(H,74,85)(H,75,87)(H,76,88). The van der Waals surface area contributed by atoms with Gasteiger partial charge in [-0.15, -0.1) is 0 Å². The second-order valence-electron chi connectivity index (χ2n) is 34.3. The molecule has 0 spiro atoms. The molecule has 4 N–H and O–H groups in total. The van der Waals surface area contributed by atoms with Gasteiger partial charge < -0.3 is 87.6 Å². The number of nitrogens with one attached hydrogen (secondary N) is 4. The zero-order chi connectivity index (χ0) is 77.5. The van der Waals surface area contributed by atoms with Crippen LogP contribution in [0, 0.1) is 0 Å². The van der Waals surface area contributed by atoms with Crippen molar-refractivity contribution >= 4 is 47.5 Å². The summed E-state index contributed by atoms with van der Waals surface area (Å²) in [5.41, 5.74) is -14.3. The Morgan fingerprint density at radius 1 is 0.284 bits per heavy atom. The third-order valence-corrected chi connectivity index (χ3v) is 15.5. The third-order valence-electron chi connectivity index (χ3n) is 15.5. The number of amides is 4. The van der Waals surface area contributed by atoms with E-state index in [2.05, 4.69) is 21.3 Å². The number of carbonyl (C=O) groups excluding carboxylic acids is 8. The Morgan fingerprint density at radius 3 is 0.578 bits per heavy atom. The molecule has 0 aromatic carbocycles. The molecule has 0 aromatic heterocycles. The van der Waals surface area contributed by atoms with Crippen LogP contribution in [0.1, 0.15) is 166 Å². The summed E-state index contributed by atoms with van der Waals surface area (Å²) < 4.78 is 84.6. The Balaban J connectivity index is 2.07. The van der Waals surface area contributed by atoms with Crippen molar-refractivity contribution in [2.24, 2.45) is 0 Å². The van der Waals surface area contributed by atoms with Gasteiger partial charge in [0, 0.05) is 74.5 Å². The van der Waals surface area contributed by atoms with E-state index in [1.165, 1.54) is 0 Å². The summed E-state index contributed by atoms with van der Waals surface area (Å²) in [4.78, 5) is 121. The quantitative estimate of drug-likeness (QED) is 0.200. The van der Waals surface area contributed by atoms with Crippen molar-refractivity contribution < 1.29 is 105 Å². The first-order valence-corrected chi connectivity index (χ1v) is 35.7. The summed E-state index contributed by atoms with van der Waals surface area (Å²) in [6.07, 6.45) is 0. The molecule has 4 bridgehead atoms. The zero-order valence-electron chi connectivity index (χ0n) is 66.6. The highest BCUT2D eigenvalue weighted by atomic mass is 16.6. The molecule has 6 aliphatic heterocycles. The molecule has 6 saturated heterocycles. The molecule has 0 radical (unpaired) electrons. The molecule has 6 heterocycles. The van der Waals surface area contributed by atoms with Gasteiger partial charge in [0.25, 0.3) is 23.6 Å². The van der Waals surface area contributed by atoms with E-state index in [1.54, 1.807) is 186 Å². The molecule has 0 aliphatic carbocycles. The monoisotopic (exact) mass is 1460 g/mol. The molecule has 0 saturated carbocycles. The molecule has 4 atom stereocenters. The predicted octanol–water partition coefficient (Wildman–Crippen LogP) is 3.38. The Bertz CT molecular complexity index is 2340. The van der Waals surface area contributed by atoms with Crippen LogP contribution < -0.4 is 21.3 Å². The van der Waals surface area contributed by atoms with Crippen molar-refractivity contribution in [2.45, 2.75) is 233 Å². The van der Waals surface area contributed by atoms with Crippen molar-refractivity contribution in [1.29, 1.82) is 0 Å². The van der Waals surface area contributed by atoms with Crippen LogP contribution in [0.15, 0.2) is 0 Å². The van der Waals surface area contributed by atoms with Crippen molar-refractivity contribution in [1.82, 2.24) is 40.9 Å². The lowest BCUT2D eigenvalue weighted by molar-refractivity contribution is -0.165. The van der Waals surface area contributed by atoms with Gasteiger partial charge in [-0.1, -0.05) is 0 Å². The molecule has 0 aromatic rings. The number of hydrogen-bond donors (Lipinski definition) is 4. The van der Waals surface area contributed by atoms with Crippen molar-refractivity contribution in [3.8, 4) is 0 Å². The lowest BCUT2D eigenvalue weighted by atomic mass is 9.95. The van der Waals surface area contributed by atoms with E-state index in [1.807, 2.05) is 0 Å². The Kier molecular flexibility index (Phi) is 35.1. The molecule has 102 heavy (non-hydrogen) atoms. The average molecular weight is 1460 g/mol. The maximum absolute atomic E-state index is 15.0. The zero-order valence-corrected chi connectivity index (χ0v) is 66.6. The van der Waals surface area contributed by atoms with Gasteiger partial charge in [-0.2, -0.15) is 0 Å².